The van der Waals surface area contributed by atoms with E-state index in [0.29, 0.717) is 11.5 Å². The Labute approximate surface area is 203 Å². The van der Waals surface area contributed by atoms with E-state index in [1.807, 2.05) is 72.1 Å². The Balaban J connectivity index is 1.66. The Hall–Kier alpha value is -4.54. The summed E-state index contributed by atoms with van der Waals surface area (Å²) in [5, 5.41) is 6.79. The van der Waals surface area contributed by atoms with Gasteiger partial charge >= 0.3 is 0 Å². The lowest BCUT2D eigenvalue weighted by Crippen LogP contribution is -2.35. The van der Waals surface area contributed by atoms with Gasteiger partial charge in [-0.2, -0.15) is 0 Å². The van der Waals surface area contributed by atoms with Crippen LogP contribution in [0.3, 0.4) is 0 Å². The number of fused-ring (bicyclic) bond motifs is 2. The number of aryl methyl sites for hydroxylation is 1. The van der Waals surface area contributed by atoms with Gasteiger partial charge in [-0.1, -0.05) is 24.1 Å². The SMILES string of the molecule is CNC(C)C(=O)Nc1ccc(-c2c(C)nc3ccccn23)c(C#Cc2cccc3ncccc23)n1. The number of benzene rings is 1. The average Bonchev–Trinajstić information content (AvgIpc) is 3.22. The first kappa shape index (κ1) is 22.3. The maximum atomic E-state index is 12.5. The van der Waals surface area contributed by atoms with Crippen molar-refractivity contribution in [3.63, 3.8) is 0 Å². The van der Waals surface area contributed by atoms with E-state index in [4.69, 9.17) is 9.97 Å². The molecule has 35 heavy (non-hydrogen) atoms. The van der Waals surface area contributed by atoms with Crippen molar-refractivity contribution in [3.05, 3.63) is 90.0 Å². The van der Waals surface area contributed by atoms with E-state index in [-0.39, 0.29) is 11.9 Å². The third kappa shape index (κ3) is 4.35. The number of likely N-dealkylation sites (N-methyl/N-ethyl adjacent to an activating group) is 1. The lowest BCUT2D eigenvalue weighted by Gasteiger charge is -2.12. The third-order valence-corrected chi connectivity index (χ3v) is 5.89. The highest BCUT2D eigenvalue weighted by Crippen LogP contribution is 2.28. The van der Waals surface area contributed by atoms with Crippen LogP contribution in [0, 0.1) is 18.8 Å². The Morgan fingerprint density at radius 3 is 2.74 bits per heavy atom. The minimum atomic E-state index is -0.352. The predicted octanol–water partition coefficient (Wildman–Crippen LogP) is 4.20. The highest BCUT2D eigenvalue weighted by atomic mass is 16.2. The topological polar surface area (TPSA) is 84.2 Å². The number of carbonyl (C=O) groups excluding carboxylic acids is 1. The van der Waals surface area contributed by atoms with Gasteiger partial charge in [-0.25, -0.2) is 9.97 Å². The first-order chi connectivity index (χ1) is 17.0. The highest BCUT2D eigenvalue weighted by Gasteiger charge is 2.17. The molecule has 0 aliphatic rings. The van der Waals surface area contributed by atoms with E-state index in [1.54, 1.807) is 26.2 Å². The van der Waals surface area contributed by atoms with E-state index < -0.39 is 0 Å². The van der Waals surface area contributed by atoms with Gasteiger partial charge in [0.25, 0.3) is 0 Å². The van der Waals surface area contributed by atoms with Crippen LogP contribution in [-0.4, -0.2) is 38.3 Å². The Bertz CT molecular complexity index is 1620. The first-order valence-electron chi connectivity index (χ1n) is 11.3. The molecule has 0 saturated heterocycles. The van der Waals surface area contributed by atoms with E-state index in [0.717, 1.165) is 39.1 Å². The van der Waals surface area contributed by atoms with E-state index in [2.05, 4.69) is 27.5 Å². The van der Waals surface area contributed by atoms with Crippen LogP contribution in [0.1, 0.15) is 23.9 Å². The van der Waals surface area contributed by atoms with Crippen LogP contribution >= 0.6 is 0 Å². The van der Waals surface area contributed by atoms with Crippen LogP contribution in [0.25, 0.3) is 27.8 Å². The summed E-state index contributed by atoms with van der Waals surface area (Å²) in [4.78, 5) is 26.3. The molecule has 4 aromatic heterocycles. The number of amides is 1. The molecule has 7 heteroatoms. The normalized spacial score (nSPS) is 11.7. The quantitative estimate of drug-likeness (QED) is 0.393. The minimum Gasteiger partial charge on any atom is -0.309 e. The number of rotatable bonds is 4. The van der Waals surface area contributed by atoms with Gasteiger partial charge in [0.2, 0.25) is 5.91 Å². The maximum Gasteiger partial charge on any atom is 0.242 e. The standard InChI is InChI=1S/C28H24N6O/c1-18-27(34-17-5-4-11-26(34)31-18)22-13-15-25(33-28(35)19(2)29-3)32-24(22)14-12-20-8-6-10-23-21(20)9-7-16-30-23/h4-11,13,15-17,19,29H,1-3H3,(H,32,33,35). The van der Waals surface area contributed by atoms with Crippen molar-refractivity contribution >= 4 is 28.3 Å². The molecule has 0 aliphatic heterocycles. The zero-order valence-electron chi connectivity index (χ0n) is 19.7. The smallest absolute Gasteiger partial charge is 0.242 e. The van der Waals surface area contributed by atoms with Crippen LogP contribution in [0.5, 0.6) is 0 Å². The van der Waals surface area contributed by atoms with Crippen LogP contribution < -0.4 is 10.6 Å². The van der Waals surface area contributed by atoms with Gasteiger partial charge in [-0.05, 0) is 69.3 Å². The molecular formula is C28H24N6O. The van der Waals surface area contributed by atoms with Gasteiger partial charge < -0.3 is 10.6 Å². The lowest BCUT2D eigenvalue weighted by molar-refractivity contribution is -0.117. The maximum absolute atomic E-state index is 12.5. The van der Waals surface area contributed by atoms with Crippen LogP contribution in [0.2, 0.25) is 0 Å². The van der Waals surface area contributed by atoms with E-state index in [9.17, 15) is 4.79 Å². The van der Waals surface area contributed by atoms with Crippen molar-refractivity contribution in [3.8, 4) is 23.1 Å². The zero-order valence-corrected chi connectivity index (χ0v) is 19.7. The summed E-state index contributed by atoms with van der Waals surface area (Å²) >= 11 is 0. The molecule has 2 N–H and O–H groups in total. The fraction of sp³-hybridized carbons (Fsp3) is 0.143. The molecule has 0 aliphatic carbocycles. The summed E-state index contributed by atoms with van der Waals surface area (Å²) in [5.41, 5.74) is 5.76. The fourth-order valence-electron chi connectivity index (χ4n) is 3.96. The minimum absolute atomic E-state index is 0.169. The van der Waals surface area contributed by atoms with Gasteiger partial charge in [0.05, 0.1) is 22.9 Å². The number of nitrogens with one attached hydrogen (secondary N) is 2. The van der Waals surface area contributed by atoms with Crippen LogP contribution in [0.15, 0.2) is 73.1 Å². The summed E-state index contributed by atoms with van der Waals surface area (Å²) in [6, 6.07) is 19.0. The van der Waals surface area contributed by atoms with E-state index in [1.165, 1.54) is 0 Å². The molecule has 0 radical (unpaired) electrons. The number of anilines is 1. The molecule has 172 valence electrons. The monoisotopic (exact) mass is 460 g/mol. The fourth-order valence-corrected chi connectivity index (χ4v) is 3.96. The average molecular weight is 461 g/mol. The second-order valence-corrected chi connectivity index (χ2v) is 8.19. The highest BCUT2D eigenvalue weighted by molar-refractivity contribution is 5.94. The molecule has 0 spiro atoms. The zero-order chi connectivity index (χ0) is 24.4. The summed E-state index contributed by atoms with van der Waals surface area (Å²) in [7, 11) is 1.74. The Kier molecular flexibility index (Phi) is 5.96. The second-order valence-electron chi connectivity index (χ2n) is 8.19. The second kappa shape index (κ2) is 9.37. The van der Waals surface area contributed by atoms with Crippen molar-refractivity contribution in [2.75, 3.05) is 12.4 Å². The molecule has 1 atom stereocenters. The third-order valence-electron chi connectivity index (χ3n) is 5.89. The number of hydrogen-bond acceptors (Lipinski definition) is 5. The largest absolute Gasteiger partial charge is 0.309 e. The lowest BCUT2D eigenvalue weighted by atomic mass is 10.1. The van der Waals surface area contributed by atoms with Crippen molar-refractivity contribution in [2.24, 2.45) is 0 Å². The number of aromatic nitrogens is 4. The molecule has 0 fully saturated rings. The Morgan fingerprint density at radius 2 is 1.89 bits per heavy atom. The van der Waals surface area contributed by atoms with Gasteiger partial charge in [0, 0.05) is 28.9 Å². The van der Waals surface area contributed by atoms with Gasteiger partial charge in [-0.3, -0.25) is 14.2 Å². The summed E-state index contributed by atoms with van der Waals surface area (Å²) in [6.07, 6.45) is 3.74. The van der Waals surface area contributed by atoms with Gasteiger partial charge in [0.15, 0.2) is 0 Å². The molecule has 0 saturated carbocycles. The summed E-state index contributed by atoms with van der Waals surface area (Å²) in [6.45, 7) is 3.76. The van der Waals surface area contributed by atoms with Gasteiger partial charge in [-0.15, -0.1) is 0 Å². The molecule has 1 aromatic carbocycles. The first-order valence-corrected chi connectivity index (χ1v) is 11.3. The molecule has 1 amide bonds. The van der Waals surface area contributed by atoms with Crippen LogP contribution in [-0.2, 0) is 4.79 Å². The molecular weight excluding hydrogens is 436 g/mol. The van der Waals surface area contributed by atoms with Crippen molar-refractivity contribution in [2.45, 2.75) is 19.9 Å². The van der Waals surface area contributed by atoms with Crippen molar-refractivity contribution in [1.82, 2.24) is 24.7 Å². The Morgan fingerprint density at radius 1 is 1.00 bits per heavy atom. The van der Waals surface area contributed by atoms with Crippen molar-refractivity contribution < 1.29 is 4.79 Å². The number of pyridine rings is 3. The van der Waals surface area contributed by atoms with E-state index >= 15 is 0 Å². The number of carbonyl (C=O) groups is 1. The molecule has 0 bridgehead atoms. The van der Waals surface area contributed by atoms with Crippen molar-refractivity contribution in [1.29, 1.82) is 0 Å². The van der Waals surface area contributed by atoms with Crippen LogP contribution in [0.4, 0.5) is 5.82 Å². The number of nitrogens with zero attached hydrogens (tertiary/aromatic N) is 4. The predicted molar refractivity (Wildman–Crippen MR) is 138 cm³/mol. The summed E-state index contributed by atoms with van der Waals surface area (Å²) in [5.74, 6) is 6.82. The molecule has 1 unspecified atom stereocenters. The number of imidazole rings is 1. The molecule has 4 heterocycles. The summed E-state index contributed by atoms with van der Waals surface area (Å²) < 4.78 is 2.03. The molecule has 5 aromatic rings. The number of hydrogen-bond donors (Lipinski definition) is 2. The molecule has 5 rings (SSSR count). The molecule has 7 nitrogen and oxygen atoms in total. The van der Waals surface area contributed by atoms with Gasteiger partial charge in [0.1, 0.15) is 17.2 Å².